The van der Waals surface area contributed by atoms with Crippen molar-refractivity contribution >= 4 is 22.3 Å². The summed E-state index contributed by atoms with van der Waals surface area (Å²) in [5.41, 5.74) is 5.81. The van der Waals surface area contributed by atoms with Gasteiger partial charge in [0.05, 0.1) is 11.3 Å². The molecule has 6 nitrogen and oxygen atoms in total. The highest BCUT2D eigenvalue weighted by molar-refractivity contribution is 5.89. The fourth-order valence-electron chi connectivity index (χ4n) is 3.66. The number of H-pyrrole nitrogens is 1. The molecule has 0 unspecified atom stereocenters. The van der Waals surface area contributed by atoms with Crippen molar-refractivity contribution < 1.29 is 0 Å². The fraction of sp³-hybridized carbons (Fsp3) is 0.333. The summed E-state index contributed by atoms with van der Waals surface area (Å²) in [6, 6.07) is 8.51. The Morgan fingerprint density at radius 3 is 2.78 bits per heavy atom. The minimum Gasteiger partial charge on any atom is -0.361 e. The molecule has 0 spiro atoms. The molecule has 6 heteroatoms. The van der Waals surface area contributed by atoms with Gasteiger partial charge in [-0.15, -0.1) is 0 Å². The van der Waals surface area contributed by atoms with Gasteiger partial charge in [0, 0.05) is 73.5 Å². The van der Waals surface area contributed by atoms with Crippen LogP contribution in [0.2, 0.25) is 0 Å². The normalized spacial score (nSPS) is 15.7. The van der Waals surface area contributed by atoms with Gasteiger partial charge in [0.25, 0.3) is 0 Å². The van der Waals surface area contributed by atoms with Crippen LogP contribution in [0.25, 0.3) is 10.9 Å². The third-order valence-electron chi connectivity index (χ3n) is 5.40. The zero-order valence-corrected chi connectivity index (χ0v) is 15.8. The van der Waals surface area contributed by atoms with E-state index in [9.17, 15) is 5.26 Å². The summed E-state index contributed by atoms with van der Waals surface area (Å²) in [5.74, 6) is 0. The number of aromatic amines is 1. The number of likely N-dealkylation sites (N-methyl/N-ethyl adjacent to an activating group) is 1. The van der Waals surface area contributed by atoms with E-state index in [2.05, 4.69) is 63.3 Å². The minimum absolute atomic E-state index is 0.579. The standard InChI is InChI=1S/C21H24N6/c1-15-18-5-6-24-20(18)4-3-19(15)25-21-16(11-22)12-23-13-17(21)14-27-9-7-26(2)8-10-27/h3-6,12-13,24H,7-10,14H2,1-2H3,(H,23,25). The highest BCUT2D eigenvalue weighted by atomic mass is 15.2. The number of nitriles is 1. The minimum atomic E-state index is 0.579. The lowest BCUT2D eigenvalue weighted by atomic mass is 10.1. The number of hydrogen-bond donors (Lipinski definition) is 2. The Labute approximate surface area is 159 Å². The molecular formula is C21H24N6. The summed E-state index contributed by atoms with van der Waals surface area (Å²) in [7, 11) is 2.15. The maximum Gasteiger partial charge on any atom is 0.103 e. The first kappa shape index (κ1) is 17.5. The van der Waals surface area contributed by atoms with Gasteiger partial charge >= 0.3 is 0 Å². The van der Waals surface area contributed by atoms with Crippen LogP contribution in [0, 0.1) is 18.3 Å². The Bertz CT molecular complexity index is 992. The highest BCUT2D eigenvalue weighted by Gasteiger charge is 2.18. The van der Waals surface area contributed by atoms with Crippen molar-refractivity contribution in [2.75, 3.05) is 38.5 Å². The lowest BCUT2D eigenvalue weighted by Gasteiger charge is -2.32. The average Bonchev–Trinajstić information content (AvgIpc) is 3.16. The van der Waals surface area contributed by atoms with Gasteiger partial charge in [-0.3, -0.25) is 9.88 Å². The molecule has 27 heavy (non-hydrogen) atoms. The Hall–Kier alpha value is -2.88. The van der Waals surface area contributed by atoms with Crippen LogP contribution in [0.3, 0.4) is 0 Å². The lowest BCUT2D eigenvalue weighted by molar-refractivity contribution is 0.148. The number of aromatic nitrogens is 2. The summed E-state index contributed by atoms with van der Waals surface area (Å²) in [4.78, 5) is 12.3. The summed E-state index contributed by atoms with van der Waals surface area (Å²) in [5, 5.41) is 14.3. The van der Waals surface area contributed by atoms with E-state index in [4.69, 9.17) is 0 Å². The molecule has 1 aromatic carbocycles. The quantitative estimate of drug-likeness (QED) is 0.747. The molecule has 0 amide bonds. The molecule has 0 radical (unpaired) electrons. The molecule has 3 aromatic rings. The second-order valence-corrected chi connectivity index (χ2v) is 7.21. The van der Waals surface area contributed by atoms with Gasteiger partial charge in [-0.1, -0.05) is 0 Å². The topological polar surface area (TPSA) is 71.0 Å². The zero-order chi connectivity index (χ0) is 18.8. The van der Waals surface area contributed by atoms with Gasteiger partial charge in [-0.25, -0.2) is 0 Å². The van der Waals surface area contributed by atoms with Gasteiger partial charge in [0.2, 0.25) is 0 Å². The molecule has 4 rings (SSSR count). The van der Waals surface area contributed by atoms with E-state index >= 15 is 0 Å². The molecular weight excluding hydrogens is 336 g/mol. The number of fused-ring (bicyclic) bond motifs is 1. The van der Waals surface area contributed by atoms with Crippen LogP contribution in [0.4, 0.5) is 11.4 Å². The van der Waals surface area contributed by atoms with Crippen LogP contribution in [-0.4, -0.2) is 53.0 Å². The van der Waals surface area contributed by atoms with Crippen LogP contribution in [-0.2, 0) is 6.54 Å². The third-order valence-corrected chi connectivity index (χ3v) is 5.40. The molecule has 0 atom stereocenters. The monoisotopic (exact) mass is 360 g/mol. The van der Waals surface area contributed by atoms with Crippen LogP contribution >= 0.6 is 0 Å². The lowest BCUT2D eigenvalue weighted by Crippen LogP contribution is -2.44. The van der Waals surface area contributed by atoms with E-state index in [1.54, 1.807) is 6.20 Å². The van der Waals surface area contributed by atoms with Gasteiger partial charge in [0.1, 0.15) is 6.07 Å². The van der Waals surface area contributed by atoms with Crippen LogP contribution in [0.15, 0.2) is 36.8 Å². The number of hydrogen-bond acceptors (Lipinski definition) is 5. The van der Waals surface area contributed by atoms with Crippen molar-refractivity contribution in [3.05, 3.63) is 53.5 Å². The van der Waals surface area contributed by atoms with Crippen molar-refractivity contribution in [3.8, 4) is 6.07 Å². The number of anilines is 2. The second-order valence-electron chi connectivity index (χ2n) is 7.21. The maximum atomic E-state index is 9.61. The number of rotatable bonds is 4. The molecule has 1 aliphatic heterocycles. The largest absolute Gasteiger partial charge is 0.361 e. The van der Waals surface area contributed by atoms with Crippen molar-refractivity contribution in [2.24, 2.45) is 0 Å². The number of piperazine rings is 1. The molecule has 1 fully saturated rings. The van der Waals surface area contributed by atoms with Gasteiger partial charge < -0.3 is 15.2 Å². The van der Waals surface area contributed by atoms with E-state index in [0.29, 0.717) is 5.56 Å². The Balaban J connectivity index is 1.66. The van der Waals surface area contributed by atoms with E-state index in [1.807, 2.05) is 12.4 Å². The number of aryl methyl sites for hydroxylation is 1. The molecule has 138 valence electrons. The van der Waals surface area contributed by atoms with E-state index in [0.717, 1.165) is 55.2 Å². The first-order valence-electron chi connectivity index (χ1n) is 9.27. The number of benzene rings is 1. The molecule has 2 aromatic heterocycles. The van der Waals surface area contributed by atoms with Gasteiger partial charge in [-0.2, -0.15) is 5.26 Å². The summed E-state index contributed by atoms with van der Waals surface area (Å²) in [6.45, 7) is 7.09. The first-order valence-corrected chi connectivity index (χ1v) is 9.27. The third kappa shape index (κ3) is 3.52. The first-order chi connectivity index (χ1) is 13.2. The average molecular weight is 360 g/mol. The molecule has 0 saturated carbocycles. The highest BCUT2D eigenvalue weighted by Crippen LogP contribution is 2.30. The smallest absolute Gasteiger partial charge is 0.103 e. The molecule has 0 bridgehead atoms. The summed E-state index contributed by atoms with van der Waals surface area (Å²) in [6.07, 6.45) is 5.47. The summed E-state index contributed by atoms with van der Waals surface area (Å²) >= 11 is 0. The van der Waals surface area contributed by atoms with Crippen LogP contribution in [0.5, 0.6) is 0 Å². The van der Waals surface area contributed by atoms with E-state index < -0.39 is 0 Å². The van der Waals surface area contributed by atoms with Crippen LogP contribution in [0.1, 0.15) is 16.7 Å². The van der Waals surface area contributed by atoms with E-state index in [-0.39, 0.29) is 0 Å². The van der Waals surface area contributed by atoms with Gasteiger partial charge in [-0.05, 0) is 37.7 Å². The number of nitrogens with one attached hydrogen (secondary N) is 2. The van der Waals surface area contributed by atoms with Crippen molar-refractivity contribution in [2.45, 2.75) is 13.5 Å². The maximum absolute atomic E-state index is 9.61. The van der Waals surface area contributed by atoms with Crippen molar-refractivity contribution in [1.29, 1.82) is 5.26 Å². The van der Waals surface area contributed by atoms with Crippen molar-refractivity contribution in [1.82, 2.24) is 19.8 Å². The predicted molar refractivity (Wildman–Crippen MR) is 108 cm³/mol. The van der Waals surface area contributed by atoms with E-state index in [1.165, 1.54) is 10.9 Å². The Morgan fingerprint density at radius 1 is 1.19 bits per heavy atom. The molecule has 1 aliphatic rings. The van der Waals surface area contributed by atoms with Crippen LogP contribution < -0.4 is 5.32 Å². The molecule has 2 N–H and O–H groups in total. The molecule has 0 aliphatic carbocycles. The zero-order valence-electron chi connectivity index (χ0n) is 15.8. The number of nitrogens with zero attached hydrogens (tertiary/aromatic N) is 4. The number of pyridine rings is 1. The molecule has 3 heterocycles. The summed E-state index contributed by atoms with van der Waals surface area (Å²) < 4.78 is 0. The Morgan fingerprint density at radius 2 is 2.00 bits per heavy atom. The van der Waals surface area contributed by atoms with Gasteiger partial charge in [0.15, 0.2) is 0 Å². The van der Waals surface area contributed by atoms with Crippen molar-refractivity contribution in [3.63, 3.8) is 0 Å². The SMILES string of the molecule is Cc1c(Nc2c(C#N)cncc2CN2CCN(C)CC2)ccc2[nH]ccc12. The Kier molecular flexibility index (Phi) is 4.80. The second kappa shape index (κ2) is 7.39. The fourth-order valence-corrected chi connectivity index (χ4v) is 3.66. The predicted octanol–water partition coefficient (Wildman–Crippen LogP) is 3.23. The molecule has 1 saturated heterocycles.